The standard InChI is InChI=1S/C21H23N3OS2/c1-3-24(19(25)11-13-26-15-17-8-5-4-6-9-17)21-16(2)23-20(27-21)18-10-7-12-22-14-18/h4-10,12,14H,3,11,13,15H2,1-2H3. The third-order valence-corrected chi connectivity index (χ3v) is 6.37. The lowest BCUT2D eigenvalue weighted by molar-refractivity contribution is -0.118. The van der Waals surface area contributed by atoms with Gasteiger partial charge in [-0.1, -0.05) is 41.7 Å². The van der Waals surface area contributed by atoms with Crippen molar-refractivity contribution in [2.45, 2.75) is 26.0 Å². The second kappa shape index (κ2) is 9.67. The molecule has 0 saturated heterocycles. The summed E-state index contributed by atoms with van der Waals surface area (Å²) in [5.41, 5.74) is 3.17. The summed E-state index contributed by atoms with van der Waals surface area (Å²) in [6, 6.07) is 14.2. The fraction of sp³-hybridized carbons (Fsp3) is 0.286. The number of aromatic nitrogens is 2. The average Bonchev–Trinajstić information content (AvgIpc) is 3.09. The van der Waals surface area contributed by atoms with Gasteiger partial charge >= 0.3 is 0 Å². The fourth-order valence-electron chi connectivity index (χ4n) is 2.74. The van der Waals surface area contributed by atoms with Gasteiger partial charge in [-0.05, 0) is 31.5 Å². The van der Waals surface area contributed by atoms with Crippen LogP contribution in [0.3, 0.4) is 0 Å². The molecule has 0 aliphatic carbocycles. The molecule has 3 rings (SSSR count). The highest BCUT2D eigenvalue weighted by atomic mass is 32.2. The molecule has 0 atom stereocenters. The first kappa shape index (κ1) is 19.6. The van der Waals surface area contributed by atoms with Gasteiger partial charge < -0.3 is 4.90 Å². The van der Waals surface area contributed by atoms with Crippen LogP contribution in [0.2, 0.25) is 0 Å². The zero-order valence-electron chi connectivity index (χ0n) is 15.6. The predicted molar refractivity (Wildman–Crippen MR) is 115 cm³/mol. The number of hydrogen-bond donors (Lipinski definition) is 0. The van der Waals surface area contributed by atoms with Crippen molar-refractivity contribution in [2.24, 2.45) is 0 Å². The number of carbonyl (C=O) groups is 1. The Morgan fingerprint density at radius 3 is 2.70 bits per heavy atom. The van der Waals surface area contributed by atoms with E-state index in [0.29, 0.717) is 13.0 Å². The topological polar surface area (TPSA) is 46.1 Å². The SMILES string of the molecule is CCN(C(=O)CCSCc1ccccc1)c1sc(-c2cccnc2)nc1C. The van der Waals surface area contributed by atoms with Crippen molar-refractivity contribution < 1.29 is 4.79 Å². The zero-order chi connectivity index (χ0) is 19.1. The van der Waals surface area contributed by atoms with Crippen LogP contribution in [0.1, 0.15) is 24.6 Å². The smallest absolute Gasteiger partial charge is 0.228 e. The van der Waals surface area contributed by atoms with E-state index < -0.39 is 0 Å². The van der Waals surface area contributed by atoms with Crippen LogP contribution in [-0.4, -0.2) is 28.2 Å². The Bertz CT molecular complexity index is 866. The van der Waals surface area contributed by atoms with E-state index in [1.165, 1.54) is 5.56 Å². The predicted octanol–water partition coefficient (Wildman–Crippen LogP) is 5.19. The molecule has 1 amide bonds. The Morgan fingerprint density at radius 1 is 1.19 bits per heavy atom. The highest BCUT2D eigenvalue weighted by Gasteiger charge is 2.20. The fourth-order valence-corrected chi connectivity index (χ4v) is 4.77. The molecule has 1 aromatic carbocycles. The van der Waals surface area contributed by atoms with Gasteiger partial charge in [0.1, 0.15) is 10.0 Å². The molecule has 0 spiro atoms. The molecule has 27 heavy (non-hydrogen) atoms. The largest absolute Gasteiger partial charge is 0.303 e. The van der Waals surface area contributed by atoms with Crippen molar-refractivity contribution in [1.82, 2.24) is 9.97 Å². The molecule has 3 aromatic rings. The van der Waals surface area contributed by atoms with Crippen LogP contribution in [0.4, 0.5) is 5.00 Å². The van der Waals surface area contributed by atoms with E-state index in [0.717, 1.165) is 32.8 Å². The van der Waals surface area contributed by atoms with E-state index in [2.05, 4.69) is 22.1 Å². The Morgan fingerprint density at radius 2 is 2.00 bits per heavy atom. The van der Waals surface area contributed by atoms with Gasteiger partial charge in [-0.2, -0.15) is 11.8 Å². The Labute approximate surface area is 168 Å². The molecule has 2 heterocycles. The summed E-state index contributed by atoms with van der Waals surface area (Å²) in [5, 5.41) is 1.84. The Balaban J connectivity index is 1.60. The van der Waals surface area contributed by atoms with Gasteiger partial charge in [0.25, 0.3) is 0 Å². The van der Waals surface area contributed by atoms with Gasteiger partial charge in [0.05, 0.1) is 5.69 Å². The molecule has 0 bridgehead atoms. The normalized spacial score (nSPS) is 10.7. The first-order valence-electron chi connectivity index (χ1n) is 8.99. The van der Waals surface area contributed by atoms with Gasteiger partial charge in [0, 0.05) is 42.4 Å². The van der Waals surface area contributed by atoms with E-state index >= 15 is 0 Å². The lowest BCUT2D eigenvalue weighted by Crippen LogP contribution is -2.30. The lowest BCUT2D eigenvalue weighted by atomic mass is 10.2. The molecule has 0 fully saturated rings. The molecule has 6 heteroatoms. The molecule has 0 saturated carbocycles. The second-order valence-electron chi connectivity index (χ2n) is 6.08. The van der Waals surface area contributed by atoms with Gasteiger partial charge in [0.15, 0.2) is 0 Å². The summed E-state index contributed by atoms with van der Waals surface area (Å²) in [4.78, 5) is 23.4. The van der Waals surface area contributed by atoms with Crippen molar-refractivity contribution in [1.29, 1.82) is 0 Å². The number of rotatable bonds is 8. The van der Waals surface area contributed by atoms with E-state index in [1.807, 2.05) is 49.1 Å². The average molecular weight is 398 g/mol. The van der Waals surface area contributed by atoms with Crippen molar-refractivity contribution in [2.75, 3.05) is 17.2 Å². The molecule has 0 aliphatic heterocycles. The van der Waals surface area contributed by atoms with Crippen LogP contribution in [0, 0.1) is 6.92 Å². The first-order valence-corrected chi connectivity index (χ1v) is 11.0. The van der Waals surface area contributed by atoms with Crippen molar-refractivity contribution in [3.05, 3.63) is 66.1 Å². The molecule has 0 unspecified atom stereocenters. The van der Waals surface area contributed by atoms with Crippen molar-refractivity contribution >= 4 is 34.0 Å². The van der Waals surface area contributed by atoms with Gasteiger partial charge in [-0.3, -0.25) is 9.78 Å². The second-order valence-corrected chi connectivity index (χ2v) is 8.16. The quantitative estimate of drug-likeness (QED) is 0.491. The summed E-state index contributed by atoms with van der Waals surface area (Å²) >= 11 is 3.35. The summed E-state index contributed by atoms with van der Waals surface area (Å²) in [5.74, 6) is 1.91. The number of hydrogen-bond acceptors (Lipinski definition) is 5. The molecule has 2 aromatic heterocycles. The zero-order valence-corrected chi connectivity index (χ0v) is 17.2. The Kier molecular flexibility index (Phi) is 7.01. The first-order chi connectivity index (χ1) is 13.2. The van der Waals surface area contributed by atoms with Crippen LogP contribution in [0.5, 0.6) is 0 Å². The third kappa shape index (κ3) is 5.17. The minimum atomic E-state index is 0.155. The molecular weight excluding hydrogens is 374 g/mol. The molecule has 0 aliphatic rings. The number of aryl methyl sites for hydroxylation is 1. The van der Waals surface area contributed by atoms with E-state index in [9.17, 15) is 4.79 Å². The molecular formula is C21H23N3OS2. The molecule has 0 N–H and O–H groups in total. The van der Waals surface area contributed by atoms with Crippen molar-refractivity contribution in [3.8, 4) is 10.6 Å². The maximum absolute atomic E-state index is 12.8. The summed E-state index contributed by atoms with van der Waals surface area (Å²) in [6.07, 6.45) is 4.09. The molecule has 4 nitrogen and oxygen atoms in total. The highest BCUT2D eigenvalue weighted by Crippen LogP contribution is 2.34. The van der Waals surface area contributed by atoms with E-state index in [-0.39, 0.29) is 5.91 Å². The number of nitrogens with zero attached hydrogens (tertiary/aromatic N) is 3. The number of carbonyl (C=O) groups excluding carboxylic acids is 1. The van der Waals surface area contributed by atoms with Crippen LogP contribution in [-0.2, 0) is 10.5 Å². The minimum Gasteiger partial charge on any atom is -0.303 e. The number of benzene rings is 1. The number of amides is 1. The van der Waals surface area contributed by atoms with Crippen LogP contribution >= 0.6 is 23.1 Å². The summed E-state index contributed by atoms with van der Waals surface area (Å²) < 4.78 is 0. The maximum Gasteiger partial charge on any atom is 0.228 e. The summed E-state index contributed by atoms with van der Waals surface area (Å²) in [6.45, 7) is 4.63. The van der Waals surface area contributed by atoms with Crippen LogP contribution in [0.15, 0.2) is 54.9 Å². The number of thioether (sulfide) groups is 1. The number of thiazole rings is 1. The van der Waals surface area contributed by atoms with Gasteiger partial charge in [-0.25, -0.2) is 4.98 Å². The number of pyridine rings is 1. The minimum absolute atomic E-state index is 0.155. The highest BCUT2D eigenvalue weighted by molar-refractivity contribution is 7.98. The van der Waals surface area contributed by atoms with Crippen molar-refractivity contribution in [3.63, 3.8) is 0 Å². The Hall–Kier alpha value is -2.18. The lowest BCUT2D eigenvalue weighted by Gasteiger charge is -2.19. The summed E-state index contributed by atoms with van der Waals surface area (Å²) in [7, 11) is 0. The molecule has 0 radical (unpaired) electrons. The van der Waals surface area contributed by atoms with Crippen LogP contribution in [0.25, 0.3) is 10.6 Å². The maximum atomic E-state index is 12.8. The van der Waals surface area contributed by atoms with E-state index in [4.69, 9.17) is 0 Å². The third-order valence-electron chi connectivity index (χ3n) is 4.11. The number of anilines is 1. The molecule has 140 valence electrons. The van der Waals surface area contributed by atoms with Gasteiger partial charge in [0.2, 0.25) is 5.91 Å². The van der Waals surface area contributed by atoms with E-state index in [1.54, 1.807) is 35.5 Å². The van der Waals surface area contributed by atoms with Crippen LogP contribution < -0.4 is 4.90 Å². The monoisotopic (exact) mass is 397 g/mol. The van der Waals surface area contributed by atoms with Gasteiger partial charge in [-0.15, -0.1) is 0 Å².